The fourth-order valence-electron chi connectivity index (χ4n) is 5.70. The number of carboxylic acids is 1. The van der Waals surface area contributed by atoms with Gasteiger partial charge >= 0.3 is 12.0 Å². The number of likely N-dealkylation sites (tertiary alicyclic amines) is 1. The van der Waals surface area contributed by atoms with Crippen molar-refractivity contribution in [2.24, 2.45) is 0 Å². The number of urea groups is 1. The molecule has 5 N–H and O–H groups in total. The lowest BCUT2D eigenvalue weighted by atomic mass is 10.1. The van der Waals surface area contributed by atoms with Crippen molar-refractivity contribution in [1.29, 1.82) is 0 Å². The summed E-state index contributed by atoms with van der Waals surface area (Å²) in [5, 5.41) is 18.4. The van der Waals surface area contributed by atoms with E-state index in [0.29, 0.717) is 29.9 Å². The molecule has 13 nitrogen and oxygen atoms in total. The van der Waals surface area contributed by atoms with Crippen molar-refractivity contribution in [2.75, 3.05) is 31.6 Å². The van der Waals surface area contributed by atoms with E-state index in [1.807, 2.05) is 56.3 Å². The normalized spacial score (nSPS) is 17.5. The van der Waals surface area contributed by atoms with E-state index in [4.69, 9.17) is 4.74 Å². The minimum Gasteiger partial charge on any atom is -0.480 e. The van der Waals surface area contributed by atoms with E-state index in [9.17, 15) is 27.9 Å². The predicted octanol–water partition coefficient (Wildman–Crippen LogP) is 2.90. The Hall–Kier alpha value is -4.53. The van der Waals surface area contributed by atoms with Crippen molar-refractivity contribution >= 4 is 33.7 Å². The van der Waals surface area contributed by atoms with Crippen LogP contribution in [-0.4, -0.2) is 85.7 Å². The third kappa shape index (κ3) is 9.73. The molecule has 0 aliphatic carbocycles. The van der Waals surface area contributed by atoms with Gasteiger partial charge in [-0.2, -0.15) is 4.72 Å². The van der Waals surface area contributed by atoms with Gasteiger partial charge in [0, 0.05) is 25.8 Å². The van der Waals surface area contributed by atoms with Crippen LogP contribution < -0.4 is 20.7 Å². The lowest BCUT2D eigenvalue weighted by Gasteiger charge is -2.27. The Labute approximate surface area is 275 Å². The average Bonchev–Trinajstić information content (AvgIpc) is 3.44. The maximum absolute atomic E-state index is 13.4. The van der Waals surface area contributed by atoms with Crippen LogP contribution in [0.1, 0.15) is 41.6 Å². The van der Waals surface area contributed by atoms with Crippen molar-refractivity contribution < 1.29 is 32.6 Å². The molecule has 1 fully saturated rings. The number of sulfonamides is 1. The summed E-state index contributed by atoms with van der Waals surface area (Å²) in [5.41, 5.74) is 2.81. The number of benzene rings is 2. The molecule has 3 aromatic rings. The predicted molar refractivity (Wildman–Crippen MR) is 176 cm³/mol. The topological polar surface area (TPSA) is 179 Å². The van der Waals surface area contributed by atoms with Gasteiger partial charge in [-0.3, -0.25) is 9.59 Å². The third-order valence-electron chi connectivity index (χ3n) is 7.88. The van der Waals surface area contributed by atoms with Crippen LogP contribution in [0.5, 0.6) is 0 Å². The molecule has 2 aromatic carbocycles. The number of aliphatic carboxylic acids is 1. The zero-order valence-corrected chi connectivity index (χ0v) is 27.7. The van der Waals surface area contributed by atoms with E-state index in [-0.39, 0.29) is 29.6 Å². The molecule has 0 radical (unpaired) electrons. The number of rotatable bonds is 14. The molecule has 47 heavy (non-hydrogen) atoms. The molecule has 3 amide bonds. The Bertz CT molecular complexity index is 1630. The fraction of sp³-hybridized carbons (Fsp3) is 0.394. The minimum absolute atomic E-state index is 0.00378. The molecule has 4 unspecified atom stereocenters. The monoisotopic (exact) mass is 666 g/mol. The Balaban J connectivity index is 1.34. The molecule has 4 atom stereocenters. The summed E-state index contributed by atoms with van der Waals surface area (Å²) < 4.78 is 34.2. The summed E-state index contributed by atoms with van der Waals surface area (Å²) in [4.78, 5) is 43.9. The molecule has 1 aromatic heterocycles. The lowest BCUT2D eigenvalue weighted by Crippen LogP contribution is -2.49. The van der Waals surface area contributed by atoms with Gasteiger partial charge in [0.15, 0.2) is 0 Å². The van der Waals surface area contributed by atoms with Crippen LogP contribution in [0.4, 0.5) is 10.6 Å². The molecular weight excluding hydrogens is 624 g/mol. The molecule has 0 spiro atoms. The molecule has 2 heterocycles. The number of carbonyl (C=O) groups is 3. The number of nitrogens with zero attached hydrogens (tertiary/aromatic N) is 2. The van der Waals surface area contributed by atoms with Gasteiger partial charge in [-0.05, 0) is 62.9 Å². The highest BCUT2D eigenvalue weighted by molar-refractivity contribution is 7.89. The summed E-state index contributed by atoms with van der Waals surface area (Å²) in [6.07, 6.45) is 1.63. The number of carbonyl (C=O) groups excluding carboxylic acids is 2. The first-order valence-corrected chi connectivity index (χ1v) is 16.8. The molecule has 0 saturated carbocycles. The van der Waals surface area contributed by atoms with Gasteiger partial charge in [0.25, 0.3) is 0 Å². The van der Waals surface area contributed by atoms with Gasteiger partial charge in [-0.1, -0.05) is 54.1 Å². The average molecular weight is 667 g/mol. The zero-order valence-electron chi connectivity index (χ0n) is 26.9. The van der Waals surface area contributed by atoms with Crippen LogP contribution in [0.25, 0.3) is 0 Å². The van der Waals surface area contributed by atoms with E-state index in [0.717, 1.165) is 11.1 Å². The van der Waals surface area contributed by atoms with Gasteiger partial charge in [-0.25, -0.2) is 18.2 Å². The first-order valence-electron chi connectivity index (χ1n) is 15.3. The molecule has 14 heteroatoms. The highest BCUT2D eigenvalue weighted by Gasteiger charge is 2.37. The first-order chi connectivity index (χ1) is 22.3. The second kappa shape index (κ2) is 15.8. The number of hydrogen-bond donors (Lipinski definition) is 5. The van der Waals surface area contributed by atoms with E-state index in [2.05, 4.69) is 25.7 Å². The van der Waals surface area contributed by atoms with Crippen molar-refractivity contribution in [1.82, 2.24) is 25.2 Å². The number of pyridine rings is 1. The number of aromatic nitrogens is 1. The van der Waals surface area contributed by atoms with E-state index in [1.54, 1.807) is 43.1 Å². The third-order valence-corrected chi connectivity index (χ3v) is 9.66. The second-order valence-corrected chi connectivity index (χ2v) is 13.3. The van der Waals surface area contributed by atoms with Crippen molar-refractivity contribution in [3.63, 3.8) is 0 Å². The molecular formula is C33H42N6O7S. The lowest BCUT2D eigenvalue weighted by molar-refractivity contribution is -0.139. The summed E-state index contributed by atoms with van der Waals surface area (Å²) in [5.74, 6) is -1.41. The number of hydrogen-bond acceptors (Lipinski definition) is 8. The fourth-order valence-corrected chi connectivity index (χ4v) is 7.34. The SMILES string of the molecule is Cc1cc(C)c(S(=O)(=O)NC(CNC(=O)COC2CC(CNc3ccccn3)N(C(=O)NC(C)c3ccccc3)C2)C(=O)O)c(C)c1. The minimum atomic E-state index is -4.20. The Morgan fingerprint density at radius 3 is 2.36 bits per heavy atom. The van der Waals surface area contributed by atoms with Gasteiger partial charge in [0.2, 0.25) is 15.9 Å². The van der Waals surface area contributed by atoms with Gasteiger partial charge in [0.05, 0.1) is 23.1 Å². The number of nitrogens with one attached hydrogen (secondary N) is 4. The second-order valence-electron chi connectivity index (χ2n) is 11.7. The largest absolute Gasteiger partial charge is 0.480 e. The quantitative estimate of drug-likeness (QED) is 0.173. The number of amides is 3. The maximum atomic E-state index is 13.4. The van der Waals surface area contributed by atoms with Crippen molar-refractivity contribution in [2.45, 2.75) is 63.2 Å². The van der Waals surface area contributed by atoms with Crippen molar-refractivity contribution in [3.05, 3.63) is 89.1 Å². The van der Waals surface area contributed by atoms with Crippen LogP contribution in [0.3, 0.4) is 0 Å². The summed E-state index contributed by atoms with van der Waals surface area (Å²) >= 11 is 0. The summed E-state index contributed by atoms with van der Waals surface area (Å²) in [6.45, 7) is 6.74. The van der Waals surface area contributed by atoms with Gasteiger partial charge in [-0.15, -0.1) is 0 Å². The number of ether oxygens (including phenoxy) is 1. The van der Waals surface area contributed by atoms with Gasteiger partial charge in [0.1, 0.15) is 18.5 Å². The highest BCUT2D eigenvalue weighted by atomic mass is 32.2. The molecule has 0 bridgehead atoms. The van der Waals surface area contributed by atoms with Crippen LogP contribution >= 0.6 is 0 Å². The molecule has 1 aliphatic heterocycles. The zero-order chi connectivity index (χ0) is 34.1. The summed E-state index contributed by atoms with van der Waals surface area (Å²) in [7, 11) is -4.20. The van der Waals surface area contributed by atoms with E-state index >= 15 is 0 Å². The smallest absolute Gasteiger partial charge is 0.323 e. The van der Waals surface area contributed by atoms with Crippen LogP contribution in [0.15, 0.2) is 71.8 Å². The number of carboxylic acid groups (broad SMARTS) is 1. The van der Waals surface area contributed by atoms with E-state index < -0.39 is 47.2 Å². The summed E-state index contributed by atoms with van der Waals surface area (Å²) in [6, 6.07) is 16.1. The van der Waals surface area contributed by atoms with Crippen LogP contribution in [0.2, 0.25) is 0 Å². The molecule has 1 aliphatic rings. The van der Waals surface area contributed by atoms with Crippen molar-refractivity contribution in [3.8, 4) is 0 Å². The van der Waals surface area contributed by atoms with E-state index in [1.165, 1.54) is 0 Å². The van der Waals surface area contributed by atoms with Gasteiger partial charge < -0.3 is 30.7 Å². The first kappa shape index (κ1) is 35.3. The Morgan fingerprint density at radius 2 is 1.72 bits per heavy atom. The highest BCUT2D eigenvalue weighted by Crippen LogP contribution is 2.24. The Kier molecular flexibility index (Phi) is 11.9. The Morgan fingerprint density at radius 1 is 1.04 bits per heavy atom. The van der Waals surface area contributed by atoms with Crippen LogP contribution in [-0.2, 0) is 24.3 Å². The molecule has 1 saturated heterocycles. The van der Waals surface area contributed by atoms with Crippen LogP contribution in [0, 0.1) is 20.8 Å². The maximum Gasteiger partial charge on any atom is 0.323 e. The molecule has 252 valence electrons. The standard InChI is InChI=1S/C33H42N6O7S/c1-21-14-22(2)31(23(3)15-21)47(44,45)38-28(32(41)42)18-36-30(40)20-46-27-16-26(17-35-29-12-8-9-13-34-29)39(19-27)33(43)37-24(4)25-10-6-5-7-11-25/h5-15,24,26-28,38H,16-20H2,1-4H3,(H,34,35)(H,36,40)(H,37,43)(H,41,42). The number of aryl methyl sites for hydroxylation is 3. The number of anilines is 1. The molecule has 4 rings (SSSR count).